The molecule has 1 aromatic heterocycles. The molecule has 0 saturated carbocycles. The van der Waals surface area contributed by atoms with Crippen molar-refractivity contribution in [2.45, 2.75) is 11.8 Å². The van der Waals surface area contributed by atoms with Gasteiger partial charge < -0.3 is 0 Å². The van der Waals surface area contributed by atoms with Crippen molar-refractivity contribution in [3.05, 3.63) is 41.7 Å². The van der Waals surface area contributed by atoms with Gasteiger partial charge in [0.05, 0.1) is 7.05 Å². The average molecular weight is 285 g/mol. The van der Waals surface area contributed by atoms with E-state index in [2.05, 4.69) is 15.4 Å². The second-order valence-electron chi connectivity index (χ2n) is 4.29. The Hall–Kier alpha value is -1.13. The van der Waals surface area contributed by atoms with Crippen LogP contribution in [0.3, 0.4) is 0 Å². The molecule has 0 aliphatic carbocycles. The molecule has 0 amide bonds. The van der Waals surface area contributed by atoms with E-state index >= 15 is 0 Å². The lowest BCUT2D eigenvalue weighted by Gasteiger charge is -2.28. The summed E-state index contributed by atoms with van der Waals surface area (Å²) >= 11 is 12.3. The van der Waals surface area contributed by atoms with Crippen molar-refractivity contribution in [1.82, 2.24) is 20.2 Å². The lowest BCUT2D eigenvalue weighted by atomic mass is 9.81. The van der Waals surface area contributed by atoms with Crippen LogP contribution in [-0.2, 0) is 18.9 Å². The molecule has 0 unspecified atom stereocenters. The number of hydrogen-bond acceptors (Lipinski definition) is 3. The first kappa shape index (κ1) is 13.3. The largest absolute Gasteiger partial charge is 0.175 e. The predicted octanol–water partition coefficient (Wildman–Crippen LogP) is 2.17. The molecular formula is C12H14Cl2N4. The topological polar surface area (TPSA) is 43.6 Å². The summed E-state index contributed by atoms with van der Waals surface area (Å²) in [6.45, 7) is 0. The molecule has 0 fully saturated rings. The lowest BCUT2D eigenvalue weighted by molar-refractivity contribution is 0.517. The molecule has 96 valence electrons. The molecule has 1 aromatic carbocycles. The molecule has 1 heterocycles. The maximum atomic E-state index is 6.15. The Morgan fingerprint density at radius 3 is 2.33 bits per heavy atom. The van der Waals surface area contributed by atoms with Crippen molar-refractivity contribution in [1.29, 1.82) is 0 Å². The number of nitrogens with zero attached hydrogens (tertiary/aromatic N) is 4. The molecule has 0 atom stereocenters. The van der Waals surface area contributed by atoms with Crippen molar-refractivity contribution in [2.24, 2.45) is 7.05 Å². The second kappa shape index (κ2) is 5.67. The molecule has 0 radical (unpaired) electrons. The Bertz CT molecular complexity index is 494. The summed E-state index contributed by atoms with van der Waals surface area (Å²) in [4.78, 5) is 1.44. The molecule has 6 heteroatoms. The smallest absolute Gasteiger partial charge is 0.167 e. The van der Waals surface area contributed by atoms with Crippen molar-refractivity contribution in [3.63, 3.8) is 0 Å². The Morgan fingerprint density at radius 2 is 1.83 bits per heavy atom. The summed E-state index contributed by atoms with van der Waals surface area (Å²) in [7, 11) is 1.74. The normalized spacial score (nSPS) is 11.7. The third-order valence-electron chi connectivity index (χ3n) is 2.94. The van der Waals surface area contributed by atoms with Crippen LogP contribution in [0.4, 0.5) is 0 Å². The zero-order chi connectivity index (χ0) is 13.0. The van der Waals surface area contributed by atoms with Gasteiger partial charge in [0.2, 0.25) is 0 Å². The molecule has 0 N–H and O–H groups in total. The quantitative estimate of drug-likeness (QED) is 0.791. The zero-order valence-corrected chi connectivity index (χ0v) is 11.6. The molecule has 2 aromatic rings. The number of benzene rings is 1. The Kier molecular flexibility index (Phi) is 4.19. The number of rotatable bonds is 5. The Labute approximate surface area is 116 Å². The first-order valence-electron chi connectivity index (χ1n) is 5.60. The fourth-order valence-corrected chi connectivity index (χ4v) is 2.66. The number of hydrogen-bond donors (Lipinski definition) is 0. The highest BCUT2D eigenvalue weighted by Gasteiger charge is 2.32. The average Bonchev–Trinajstić information content (AvgIpc) is 2.82. The summed E-state index contributed by atoms with van der Waals surface area (Å²) < 4.78 is 0. The minimum absolute atomic E-state index is 0.354. The molecule has 4 nitrogen and oxygen atoms in total. The van der Waals surface area contributed by atoms with E-state index in [1.165, 1.54) is 4.80 Å². The number of tetrazole rings is 1. The van der Waals surface area contributed by atoms with Crippen molar-refractivity contribution >= 4 is 23.2 Å². The first-order chi connectivity index (χ1) is 8.70. The van der Waals surface area contributed by atoms with Gasteiger partial charge in [-0.05, 0) is 10.8 Å². The number of halogens is 2. The zero-order valence-electron chi connectivity index (χ0n) is 10.1. The first-order valence-corrected chi connectivity index (χ1v) is 6.67. The minimum atomic E-state index is -0.354. The van der Waals surface area contributed by atoms with Gasteiger partial charge in [-0.1, -0.05) is 30.3 Å². The van der Waals surface area contributed by atoms with Crippen LogP contribution in [0.1, 0.15) is 11.4 Å². The fraction of sp³-hybridized carbons (Fsp3) is 0.417. The SMILES string of the molecule is Cn1nnc(CC(CCl)(CCl)c2ccccc2)n1. The van der Waals surface area contributed by atoms with Gasteiger partial charge >= 0.3 is 0 Å². The Balaban J connectivity index is 2.32. The summed E-state index contributed by atoms with van der Waals surface area (Å²) in [5, 5.41) is 12.0. The number of aromatic nitrogens is 4. The van der Waals surface area contributed by atoms with Crippen molar-refractivity contribution in [2.75, 3.05) is 11.8 Å². The van der Waals surface area contributed by atoms with Crippen molar-refractivity contribution in [3.8, 4) is 0 Å². The summed E-state index contributed by atoms with van der Waals surface area (Å²) in [6.07, 6.45) is 0.581. The van der Waals surface area contributed by atoms with Crippen LogP contribution in [-0.4, -0.2) is 32.0 Å². The monoisotopic (exact) mass is 284 g/mol. The minimum Gasteiger partial charge on any atom is -0.167 e. The van der Waals surface area contributed by atoms with Gasteiger partial charge in [-0.2, -0.15) is 4.80 Å². The number of alkyl halides is 2. The molecule has 0 aliphatic heterocycles. The summed E-state index contributed by atoms with van der Waals surface area (Å²) in [5.41, 5.74) is 0.746. The van der Waals surface area contributed by atoms with E-state index in [9.17, 15) is 0 Å². The van der Waals surface area contributed by atoms with E-state index in [0.717, 1.165) is 5.56 Å². The highest BCUT2D eigenvalue weighted by molar-refractivity contribution is 6.22. The van der Waals surface area contributed by atoms with Gasteiger partial charge in [-0.3, -0.25) is 0 Å². The summed E-state index contributed by atoms with van der Waals surface area (Å²) in [6, 6.07) is 9.99. The maximum Gasteiger partial charge on any atom is 0.175 e. The van der Waals surface area contributed by atoms with Crippen LogP contribution in [0, 0.1) is 0 Å². The van der Waals surface area contributed by atoms with E-state index < -0.39 is 0 Å². The highest BCUT2D eigenvalue weighted by Crippen LogP contribution is 2.30. The van der Waals surface area contributed by atoms with Crippen LogP contribution in [0.25, 0.3) is 0 Å². The molecule has 2 rings (SSSR count). The van der Waals surface area contributed by atoms with Crippen LogP contribution >= 0.6 is 23.2 Å². The number of aryl methyl sites for hydroxylation is 1. The van der Waals surface area contributed by atoms with Gasteiger partial charge in [0.25, 0.3) is 0 Å². The Morgan fingerprint density at radius 1 is 1.17 bits per heavy atom. The molecule has 18 heavy (non-hydrogen) atoms. The van der Waals surface area contributed by atoms with Gasteiger partial charge in [0.1, 0.15) is 0 Å². The van der Waals surface area contributed by atoms with E-state index in [0.29, 0.717) is 24.0 Å². The third kappa shape index (κ3) is 2.65. The van der Waals surface area contributed by atoms with Crippen LogP contribution in [0.15, 0.2) is 30.3 Å². The highest BCUT2D eigenvalue weighted by atomic mass is 35.5. The summed E-state index contributed by atoms with van der Waals surface area (Å²) in [5.74, 6) is 1.49. The molecule has 0 bridgehead atoms. The van der Waals surface area contributed by atoms with E-state index in [1.54, 1.807) is 7.05 Å². The van der Waals surface area contributed by atoms with Gasteiger partial charge in [-0.25, -0.2) is 0 Å². The fourth-order valence-electron chi connectivity index (χ4n) is 1.88. The molecular weight excluding hydrogens is 271 g/mol. The lowest BCUT2D eigenvalue weighted by Crippen LogP contribution is -2.33. The van der Waals surface area contributed by atoms with Gasteiger partial charge in [-0.15, -0.1) is 33.4 Å². The molecule has 0 saturated heterocycles. The van der Waals surface area contributed by atoms with E-state index in [4.69, 9.17) is 23.2 Å². The van der Waals surface area contributed by atoms with Gasteiger partial charge in [0, 0.05) is 23.6 Å². The van der Waals surface area contributed by atoms with Crippen LogP contribution in [0.5, 0.6) is 0 Å². The molecule has 0 spiro atoms. The van der Waals surface area contributed by atoms with Crippen LogP contribution in [0.2, 0.25) is 0 Å². The van der Waals surface area contributed by atoms with E-state index in [1.807, 2.05) is 30.3 Å². The molecule has 0 aliphatic rings. The van der Waals surface area contributed by atoms with Crippen molar-refractivity contribution < 1.29 is 0 Å². The van der Waals surface area contributed by atoms with Gasteiger partial charge in [0.15, 0.2) is 5.82 Å². The predicted molar refractivity (Wildman–Crippen MR) is 72.1 cm³/mol. The van der Waals surface area contributed by atoms with Crippen LogP contribution < -0.4 is 0 Å². The van der Waals surface area contributed by atoms with E-state index in [-0.39, 0.29) is 5.41 Å². The third-order valence-corrected chi connectivity index (χ3v) is 3.97. The second-order valence-corrected chi connectivity index (χ2v) is 4.82. The standard InChI is InChI=1S/C12H14Cl2N4/c1-18-16-11(15-17-18)7-12(8-13,9-14)10-5-3-2-4-6-10/h2-6H,7-9H2,1H3. The maximum absolute atomic E-state index is 6.15.